The highest BCUT2D eigenvalue weighted by molar-refractivity contribution is 5.92. The van der Waals surface area contributed by atoms with Crippen LogP contribution in [0.4, 0.5) is 13.2 Å². The van der Waals surface area contributed by atoms with Gasteiger partial charge in [0.05, 0.1) is 17.5 Å². The van der Waals surface area contributed by atoms with Crippen molar-refractivity contribution in [1.29, 1.82) is 5.26 Å². The van der Waals surface area contributed by atoms with Gasteiger partial charge < -0.3 is 16.0 Å². The van der Waals surface area contributed by atoms with E-state index in [1.807, 2.05) is 11.4 Å². The number of nitrogens with one attached hydrogen (secondary N) is 2. The molecule has 0 aliphatic carbocycles. The minimum absolute atomic E-state index is 0.0408. The summed E-state index contributed by atoms with van der Waals surface area (Å²) in [5.41, 5.74) is 5.56. The smallest absolute Gasteiger partial charge is 0.345 e. The molecule has 4 N–H and O–H groups in total. The predicted molar refractivity (Wildman–Crippen MR) is 99.4 cm³/mol. The third kappa shape index (κ3) is 3.92. The molecule has 9 nitrogen and oxygen atoms in total. The number of rotatable bonds is 5. The number of halogens is 3. The number of nitrogens with zero attached hydrogens (tertiary/aromatic N) is 5. The van der Waals surface area contributed by atoms with Crippen LogP contribution in [-0.2, 0) is 10.3 Å². The Morgan fingerprint density at radius 2 is 2.10 bits per heavy atom. The number of H-pyrrole nitrogens is 1. The number of alkyl halides is 3. The highest BCUT2D eigenvalue weighted by atomic mass is 19.4. The van der Waals surface area contributed by atoms with Crippen LogP contribution in [0.2, 0.25) is 0 Å². The first kappa shape index (κ1) is 21.1. The zero-order chi connectivity index (χ0) is 22.1. The number of hydrogen-bond donors (Lipinski definition) is 3. The lowest BCUT2D eigenvalue weighted by Gasteiger charge is -2.31. The first-order valence-corrected chi connectivity index (χ1v) is 8.78. The van der Waals surface area contributed by atoms with E-state index in [-0.39, 0.29) is 11.5 Å². The lowest BCUT2D eigenvalue weighted by molar-refractivity contribution is -0.143. The molecule has 0 saturated carbocycles. The van der Waals surface area contributed by atoms with Gasteiger partial charge in [-0.1, -0.05) is 13.8 Å². The minimum atomic E-state index is -4.59. The van der Waals surface area contributed by atoms with Gasteiger partial charge >= 0.3 is 6.18 Å². The third-order valence-electron chi connectivity index (χ3n) is 4.62. The molecule has 0 aromatic carbocycles. The highest BCUT2D eigenvalue weighted by Gasteiger charge is 2.43. The van der Waals surface area contributed by atoms with Crippen LogP contribution >= 0.6 is 0 Å². The number of nitriles is 1. The molecular formula is C18H17F3N8O. The quantitative estimate of drug-likeness (QED) is 0.572. The largest absolute Gasteiger partial charge is 0.405 e. The van der Waals surface area contributed by atoms with Gasteiger partial charge in [0.2, 0.25) is 5.91 Å². The predicted octanol–water partition coefficient (Wildman–Crippen LogP) is 1.78. The number of fused-ring (bicyclic) bond motifs is 1. The molecule has 156 valence electrons. The Balaban J connectivity index is 2.05. The zero-order valence-corrected chi connectivity index (χ0v) is 15.9. The average molecular weight is 418 g/mol. The lowest BCUT2D eigenvalue weighted by Crippen LogP contribution is -2.56. The van der Waals surface area contributed by atoms with E-state index in [2.05, 4.69) is 25.1 Å². The summed E-state index contributed by atoms with van der Waals surface area (Å²) in [7, 11) is 0. The number of hydrogen-bond acceptors (Lipinski definition) is 7. The van der Waals surface area contributed by atoms with Crippen molar-refractivity contribution in [3.63, 3.8) is 0 Å². The summed E-state index contributed by atoms with van der Waals surface area (Å²) < 4.78 is 37.6. The first-order valence-electron chi connectivity index (χ1n) is 8.78. The number of pyridine rings is 1. The van der Waals surface area contributed by atoms with E-state index in [0.29, 0.717) is 22.2 Å². The summed E-state index contributed by atoms with van der Waals surface area (Å²) in [5, 5.41) is 19.2. The molecule has 0 bridgehead atoms. The fraction of sp³-hybridized carbons (Fsp3) is 0.333. The van der Waals surface area contributed by atoms with Crippen molar-refractivity contribution in [2.24, 2.45) is 11.7 Å². The van der Waals surface area contributed by atoms with E-state index in [1.54, 1.807) is 26.1 Å². The highest BCUT2D eigenvalue weighted by Crippen LogP contribution is 2.29. The molecule has 3 heterocycles. The fourth-order valence-corrected chi connectivity index (χ4v) is 2.87. The molecule has 0 radical (unpaired) electrons. The summed E-state index contributed by atoms with van der Waals surface area (Å²) in [4.78, 5) is 23.9. The van der Waals surface area contributed by atoms with E-state index < -0.39 is 30.1 Å². The molecule has 3 rings (SSSR count). The second-order valence-corrected chi connectivity index (χ2v) is 6.92. The maximum absolute atomic E-state index is 12.6. The van der Waals surface area contributed by atoms with Gasteiger partial charge in [0.25, 0.3) is 0 Å². The molecule has 0 aliphatic heterocycles. The van der Waals surface area contributed by atoms with E-state index in [4.69, 9.17) is 11.0 Å². The molecule has 0 aliphatic rings. The number of nitrogens with two attached hydrogens (primary N) is 1. The maximum atomic E-state index is 12.6. The standard InChI is InChI=1S/C18H17F3N8O/c1-9(2)18(23,16(30)26-8-17(19,20)21)13-7-27-29-15(28-13)12-6-25-14-11(12)3-10(4-22)5-24-14/h3,5-7,9H,8,23H2,1-2H3,(H,24,25)(H,26,30)/t18-/m0/s1. The Labute approximate surface area is 168 Å². The van der Waals surface area contributed by atoms with Crippen LogP contribution in [0.25, 0.3) is 22.4 Å². The van der Waals surface area contributed by atoms with E-state index in [1.165, 1.54) is 6.20 Å². The number of amides is 1. The van der Waals surface area contributed by atoms with Gasteiger partial charge in [-0.3, -0.25) is 4.79 Å². The molecule has 1 atom stereocenters. The van der Waals surface area contributed by atoms with Crippen LogP contribution < -0.4 is 11.1 Å². The van der Waals surface area contributed by atoms with Gasteiger partial charge in [0.1, 0.15) is 23.8 Å². The fourth-order valence-electron chi connectivity index (χ4n) is 2.87. The molecule has 3 aromatic rings. The molecule has 30 heavy (non-hydrogen) atoms. The van der Waals surface area contributed by atoms with Crippen molar-refractivity contribution < 1.29 is 18.0 Å². The average Bonchev–Trinajstić information content (AvgIpc) is 3.13. The SMILES string of the molecule is CC(C)[C@@](N)(C(=O)NCC(F)(F)F)c1cnnc(-c2c[nH]c3ncc(C#N)cc23)n1. The molecule has 0 saturated heterocycles. The minimum Gasteiger partial charge on any atom is -0.345 e. The Bertz CT molecular complexity index is 1130. The molecule has 0 unspecified atom stereocenters. The van der Waals surface area contributed by atoms with Crippen molar-refractivity contribution in [2.75, 3.05) is 6.54 Å². The summed E-state index contributed by atoms with van der Waals surface area (Å²) in [5.74, 6) is -1.56. The number of aromatic nitrogens is 5. The molecule has 0 fully saturated rings. The van der Waals surface area contributed by atoms with Gasteiger partial charge in [0.15, 0.2) is 5.82 Å². The maximum Gasteiger partial charge on any atom is 0.405 e. The van der Waals surface area contributed by atoms with Crippen LogP contribution in [0.5, 0.6) is 0 Å². The summed E-state index contributed by atoms with van der Waals surface area (Å²) >= 11 is 0. The van der Waals surface area contributed by atoms with E-state index >= 15 is 0 Å². The second kappa shape index (κ2) is 7.68. The van der Waals surface area contributed by atoms with Crippen molar-refractivity contribution >= 4 is 16.9 Å². The normalized spacial score (nSPS) is 13.8. The van der Waals surface area contributed by atoms with Crippen LogP contribution in [0.1, 0.15) is 25.1 Å². The first-order chi connectivity index (χ1) is 14.1. The van der Waals surface area contributed by atoms with Crippen molar-refractivity contribution in [3.05, 3.63) is 35.9 Å². The Morgan fingerprint density at radius 3 is 2.73 bits per heavy atom. The van der Waals surface area contributed by atoms with E-state index in [9.17, 15) is 18.0 Å². The molecule has 3 aromatic heterocycles. The van der Waals surface area contributed by atoms with Crippen molar-refractivity contribution in [3.8, 4) is 17.5 Å². The van der Waals surface area contributed by atoms with Gasteiger partial charge in [0, 0.05) is 23.3 Å². The van der Waals surface area contributed by atoms with Gasteiger partial charge in [-0.05, 0) is 12.0 Å². The van der Waals surface area contributed by atoms with Crippen LogP contribution in [0, 0.1) is 17.2 Å². The van der Waals surface area contributed by atoms with Crippen LogP contribution in [-0.4, -0.2) is 43.8 Å². The Morgan fingerprint density at radius 1 is 1.37 bits per heavy atom. The topological polar surface area (TPSA) is 146 Å². The second-order valence-electron chi connectivity index (χ2n) is 6.92. The number of carbonyl (C=O) groups excluding carboxylic acids is 1. The molecule has 1 amide bonds. The van der Waals surface area contributed by atoms with Gasteiger partial charge in [-0.25, -0.2) is 9.97 Å². The summed E-state index contributed by atoms with van der Waals surface area (Å²) in [6.07, 6.45) is -0.494. The molecule has 12 heteroatoms. The number of aromatic amines is 1. The number of carbonyl (C=O) groups is 1. The lowest BCUT2D eigenvalue weighted by atomic mass is 9.83. The Kier molecular flexibility index (Phi) is 5.41. The van der Waals surface area contributed by atoms with Gasteiger partial charge in [-0.15, -0.1) is 5.10 Å². The summed E-state index contributed by atoms with van der Waals surface area (Å²) in [6, 6.07) is 3.56. The molecule has 0 spiro atoms. The van der Waals surface area contributed by atoms with E-state index in [0.717, 1.165) is 6.20 Å². The zero-order valence-electron chi connectivity index (χ0n) is 15.9. The van der Waals surface area contributed by atoms with Crippen molar-refractivity contribution in [1.82, 2.24) is 30.5 Å². The monoisotopic (exact) mass is 418 g/mol. The van der Waals surface area contributed by atoms with Crippen LogP contribution in [0.15, 0.2) is 24.7 Å². The van der Waals surface area contributed by atoms with Crippen molar-refractivity contribution in [2.45, 2.75) is 25.6 Å². The Hall–Kier alpha value is -3.59. The third-order valence-corrected chi connectivity index (χ3v) is 4.62. The molecular weight excluding hydrogens is 401 g/mol. The van der Waals surface area contributed by atoms with Crippen LogP contribution in [0.3, 0.4) is 0 Å². The summed E-state index contributed by atoms with van der Waals surface area (Å²) in [6.45, 7) is 1.65. The van der Waals surface area contributed by atoms with Gasteiger partial charge in [-0.2, -0.15) is 23.5 Å².